The predicted octanol–water partition coefficient (Wildman–Crippen LogP) is 1.65. The van der Waals surface area contributed by atoms with Crippen molar-refractivity contribution in [2.75, 3.05) is 25.5 Å². The molecular weight excluding hydrogens is 257 g/mol. The van der Waals surface area contributed by atoms with Crippen molar-refractivity contribution in [3.8, 4) is 0 Å². The van der Waals surface area contributed by atoms with Crippen LogP contribution in [0.25, 0.3) is 0 Å². The van der Waals surface area contributed by atoms with Crippen LogP contribution in [0.15, 0.2) is 18.2 Å². The summed E-state index contributed by atoms with van der Waals surface area (Å²) in [5.41, 5.74) is 1.46. The van der Waals surface area contributed by atoms with Gasteiger partial charge in [0, 0.05) is 31.4 Å². The minimum Gasteiger partial charge on any atom is -0.359 e. The number of piperidine rings is 1. The lowest BCUT2D eigenvalue weighted by Crippen LogP contribution is -2.49. The number of carbonyl (C=O) groups excluding carboxylic acids is 1. The molecule has 1 aromatic carbocycles. The molecule has 20 heavy (non-hydrogen) atoms. The van der Waals surface area contributed by atoms with E-state index < -0.39 is 0 Å². The topological polar surface area (TPSA) is 44.4 Å². The van der Waals surface area contributed by atoms with Crippen LogP contribution in [0.1, 0.15) is 24.8 Å². The number of hydrogen-bond donors (Lipinski definition) is 2. The highest BCUT2D eigenvalue weighted by atomic mass is 19.1. The Labute approximate surface area is 119 Å². The molecule has 1 saturated heterocycles. The molecule has 2 rings (SSSR count). The Bertz CT molecular complexity index is 478. The van der Waals surface area contributed by atoms with E-state index in [1.807, 2.05) is 11.0 Å². The first-order chi connectivity index (χ1) is 9.69. The van der Waals surface area contributed by atoms with Gasteiger partial charge in [0.1, 0.15) is 11.9 Å². The van der Waals surface area contributed by atoms with E-state index in [1.54, 1.807) is 20.2 Å². The number of likely N-dealkylation sites (N-methyl/N-ethyl adjacent to an activating group) is 1. The highest BCUT2D eigenvalue weighted by molar-refractivity contribution is 5.85. The van der Waals surface area contributed by atoms with Gasteiger partial charge in [-0.15, -0.1) is 0 Å². The fourth-order valence-electron chi connectivity index (χ4n) is 2.83. The highest BCUT2D eigenvalue weighted by Crippen LogP contribution is 2.29. The first-order valence-corrected chi connectivity index (χ1v) is 7.09. The third-order valence-electron chi connectivity index (χ3n) is 3.81. The van der Waals surface area contributed by atoms with Crippen molar-refractivity contribution in [2.45, 2.75) is 31.8 Å². The second-order valence-electron chi connectivity index (χ2n) is 5.09. The smallest absolute Gasteiger partial charge is 0.242 e. The van der Waals surface area contributed by atoms with E-state index in [0.717, 1.165) is 31.5 Å². The molecule has 0 aromatic heterocycles. The van der Waals surface area contributed by atoms with Gasteiger partial charge in [-0.25, -0.2) is 4.39 Å². The maximum Gasteiger partial charge on any atom is 0.242 e. The van der Waals surface area contributed by atoms with Gasteiger partial charge in [-0.3, -0.25) is 4.79 Å². The third kappa shape index (κ3) is 2.93. The van der Waals surface area contributed by atoms with Crippen LogP contribution in [-0.4, -0.2) is 32.6 Å². The van der Waals surface area contributed by atoms with E-state index in [9.17, 15) is 9.18 Å². The Morgan fingerprint density at radius 3 is 2.90 bits per heavy atom. The minimum atomic E-state index is -0.224. The quantitative estimate of drug-likeness (QED) is 0.881. The molecule has 1 unspecified atom stereocenters. The number of carbonyl (C=O) groups is 1. The molecule has 4 nitrogen and oxygen atoms in total. The van der Waals surface area contributed by atoms with Gasteiger partial charge in [-0.1, -0.05) is 6.07 Å². The van der Waals surface area contributed by atoms with Gasteiger partial charge in [0.05, 0.1) is 0 Å². The second-order valence-corrected chi connectivity index (χ2v) is 5.09. The number of hydrogen-bond acceptors (Lipinski definition) is 3. The summed E-state index contributed by atoms with van der Waals surface area (Å²) in [4.78, 5) is 14.1. The van der Waals surface area contributed by atoms with Crippen LogP contribution in [0.4, 0.5) is 10.1 Å². The zero-order valence-corrected chi connectivity index (χ0v) is 12.1. The van der Waals surface area contributed by atoms with E-state index in [2.05, 4.69) is 10.6 Å². The van der Waals surface area contributed by atoms with Crippen molar-refractivity contribution >= 4 is 11.6 Å². The van der Waals surface area contributed by atoms with Crippen molar-refractivity contribution in [1.82, 2.24) is 10.6 Å². The van der Waals surface area contributed by atoms with Gasteiger partial charge in [0.2, 0.25) is 5.91 Å². The zero-order valence-electron chi connectivity index (χ0n) is 12.1. The molecule has 1 heterocycles. The number of anilines is 1. The van der Waals surface area contributed by atoms with E-state index in [-0.39, 0.29) is 17.8 Å². The van der Waals surface area contributed by atoms with Gasteiger partial charge in [0.15, 0.2) is 0 Å². The van der Waals surface area contributed by atoms with Crippen LogP contribution < -0.4 is 15.5 Å². The molecule has 0 saturated carbocycles. The Morgan fingerprint density at radius 1 is 1.40 bits per heavy atom. The predicted molar refractivity (Wildman–Crippen MR) is 78.2 cm³/mol. The summed E-state index contributed by atoms with van der Waals surface area (Å²) in [5.74, 6) is -0.220. The molecule has 0 aliphatic carbocycles. The molecule has 1 aliphatic rings. The Kier molecular flexibility index (Phi) is 4.95. The number of halogens is 1. The normalized spacial score (nSPS) is 18.9. The van der Waals surface area contributed by atoms with Gasteiger partial charge in [-0.2, -0.15) is 0 Å². The number of rotatable bonds is 4. The average Bonchev–Trinajstić information content (AvgIpc) is 2.49. The molecule has 1 aromatic rings. The lowest BCUT2D eigenvalue weighted by molar-refractivity contribution is -0.122. The van der Waals surface area contributed by atoms with Crippen LogP contribution >= 0.6 is 0 Å². The first kappa shape index (κ1) is 14.8. The van der Waals surface area contributed by atoms with Gasteiger partial charge < -0.3 is 15.5 Å². The summed E-state index contributed by atoms with van der Waals surface area (Å²) in [6, 6.07) is 4.87. The van der Waals surface area contributed by atoms with Gasteiger partial charge in [-0.05, 0) is 38.4 Å². The number of nitrogens with zero attached hydrogens (tertiary/aromatic N) is 1. The molecule has 0 bridgehead atoms. The van der Waals surface area contributed by atoms with Crippen LogP contribution in [0.5, 0.6) is 0 Å². The van der Waals surface area contributed by atoms with Crippen LogP contribution in [-0.2, 0) is 11.3 Å². The summed E-state index contributed by atoms with van der Waals surface area (Å²) in [5, 5.41) is 5.71. The second kappa shape index (κ2) is 6.70. The summed E-state index contributed by atoms with van der Waals surface area (Å²) in [7, 11) is 3.44. The van der Waals surface area contributed by atoms with Crippen LogP contribution in [0.3, 0.4) is 0 Å². The highest BCUT2D eigenvalue weighted by Gasteiger charge is 2.29. The molecule has 1 atom stereocenters. The molecule has 0 spiro atoms. The van der Waals surface area contributed by atoms with Crippen LogP contribution in [0.2, 0.25) is 0 Å². The van der Waals surface area contributed by atoms with Gasteiger partial charge in [0.25, 0.3) is 0 Å². The Hall–Kier alpha value is -1.62. The van der Waals surface area contributed by atoms with Crippen molar-refractivity contribution in [2.24, 2.45) is 0 Å². The Balaban J connectivity index is 2.37. The Morgan fingerprint density at radius 2 is 2.20 bits per heavy atom. The summed E-state index contributed by atoms with van der Waals surface area (Å²) in [6.45, 7) is 1.25. The van der Waals surface area contributed by atoms with E-state index in [1.165, 1.54) is 6.07 Å². The SMILES string of the molecule is CNCc1c(F)cccc1N1CCCCC1C(=O)NC. The number of nitrogens with one attached hydrogen (secondary N) is 2. The van der Waals surface area contributed by atoms with Crippen molar-refractivity contribution < 1.29 is 9.18 Å². The molecule has 1 amide bonds. The lowest BCUT2D eigenvalue weighted by atomic mass is 9.99. The maximum absolute atomic E-state index is 14.0. The molecular formula is C15H22FN3O. The molecule has 0 radical (unpaired) electrons. The molecule has 110 valence electrons. The number of amides is 1. The fraction of sp³-hybridized carbons (Fsp3) is 0.533. The standard InChI is InChI=1S/C15H22FN3O/c1-17-10-11-12(16)6-5-8-13(11)19-9-4-3-7-14(19)15(20)18-2/h5-6,8,14,17H,3-4,7,9-10H2,1-2H3,(H,18,20). The summed E-state index contributed by atoms with van der Waals surface area (Å²) < 4.78 is 14.0. The summed E-state index contributed by atoms with van der Waals surface area (Å²) in [6.07, 6.45) is 2.88. The third-order valence-corrected chi connectivity index (χ3v) is 3.81. The molecule has 1 aliphatic heterocycles. The van der Waals surface area contributed by atoms with Crippen molar-refractivity contribution in [3.05, 3.63) is 29.6 Å². The zero-order chi connectivity index (χ0) is 14.5. The first-order valence-electron chi connectivity index (χ1n) is 7.09. The summed E-state index contributed by atoms with van der Waals surface area (Å²) >= 11 is 0. The maximum atomic E-state index is 14.0. The number of benzene rings is 1. The van der Waals surface area contributed by atoms with E-state index in [0.29, 0.717) is 12.1 Å². The molecule has 5 heteroatoms. The van der Waals surface area contributed by atoms with Crippen LogP contribution in [0, 0.1) is 5.82 Å². The van der Waals surface area contributed by atoms with E-state index in [4.69, 9.17) is 0 Å². The molecule has 2 N–H and O–H groups in total. The minimum absolute atomic E-state index is 0.00405. The largest absolute Gasteiger partial charge is 0.359 e. The van der Waals surface area contributed by atoms with Gasteiger partial charge >= 0.3 is 0 Å². The lowest BCUT2D eigenvalue weighted by Gasteiger charge is -2.37. The fourth-order valence-corrected chi connectivity index (χ4v) is 2.83. The van der Waals surface area contributed by atoms with Crippen molar-refractivity contribution in [1.29, 1.82) is 0 Å². The van der Waals surface area contributed by atoms with Crippen molar-refractivity contribution in [3.63, 3.8) is 0 Å². The van der Waals surface area contributed by atoms with E-state index >= 15 is 0 Å². The monoisotopic (exact) mass is 279 g/mol. The molecule has 1 fully saturated rings. The average molecular weight is 279 g/mol.